The summed E-state index contributed by atoms with van der Waals surface area (Å²) < 4.78 is 15.9. The molecule has 2 aromatic heterocycles. The molecule has 3 N–H and O–H groups in total. The highest BCUT2D eigenvalue weighted by molar-refractivity contribution is 5.97. The maximum Gasteiger partial charge on any atom is 0.272 e. The van der Waals surface area contributed by atoms with Gasteiger partial charge >= 0.3 is 0 Å². The lowest BCUT2D eigenvalue weighted by Crippen LogP contribution is -2.30. The van der Waals surface area contributed by atoms with Gasteiger partial charge in [-0.3, -0.25) is 9.48 Å². The van der Waals surface area contributed by atoms with Crippen LogP contribution in [0, 0.1) is 5.82 Å². The Morgan fingerprint density at radius 1 is 1.21 bits per heavy atom. The van der Waals surface area contributed by atoms with Crippen molar-refractivity contribution in [2.75, 3.05) is 17.7 Å². The molecule has 9 heteroatoms. The summed E-state index contributed by atoms with van der Waals surface area (Å²) in [6.45, 7) is 0. The van der Waals surface area contributed by atoms with Crippen molar-refractivity contribution in [1.82, 2.24) is 25.0 Å². The quantitative estimate of drug-likeness (QED) is 0.496. The molecule has 146 valence electrons. The van der Waals surface area contributed by atoms with Gasteiger partial charge in [-0.1, -0.05) is 12.1 Å². The fourth-order valence-electron chi connectivity index (χ4n) is 4.03. The summed E-state index contributed by atoms with van der Waals surface area (Å²) in [6, 6.07) is 10.3. The molecule has 1 aliphatic rings. The molecule has 5 rings (SSSR count). The van der Waals surface area contributed by atoms with Gasteiger partial charge in [-0.25, -0.2) is 14.5 Å². The number of hydrogen-bond donors (Lipinski definition) is 3. The van der Waals surface area contributed by atoms with E-state index in [-0.39, 0.29) is 17.3 Å². The lowest BCUT2D eigenvalue weighted by Gasteiger charge is -2.33. The van der Waals surface area contributed by atoms with Gasteiger partial charge in [0.05, 0.1) is 23.0 Å². The van der Waals surface area contributed by atoms with Crippen LogP contribution in [0.1, 0.15) is 29.0 Å². The summed E-state index contributed by atoms with van der Waals surface area (Å²) >= 11 is 0. The first-order chi connectivity index (χ1) is 14.1. The van der Waals surface area contributed by atoms with Crippen molar-refractivity contribution >= 4 is 22.1 Å². The minimum Gasteiger partial charge on any atom is -0.388 e. The van der Waals surface area contributed by atoms with E-state index in [4.69, 9.17) is 0 Å². The molecule has 0 saturated heterocycles. The Labute approximate surface area is 164 Å². The number of aryl methyl sites for hydroxylation is 1. The lowest BCUT2D eigenvalue weighted by atomic mass is 9.83. The molecule has 4 aromatic rings. The molecule has 8 nitrogen and oxygen atoms in total. The number of nitrogens with zero attached hydrogens (tertiary/aromatic N) is 4. The fraction of sp³-hybridized carbons (Fsp3) is 0.200. The monoisotopic (exact) mass is 391 g/mol. The Balaban J connectivity index is 1.79. The van der Waals surface area contributed by atoms with Crippen molar-refractivity contribution in [3.05, 3.63) is 76.0 Å². The number of aromatic amines is 1. The highest BCUT2D eigenvalue weighted by Gasteiger charge is 2.37. The summed E-state index contributed by atoms with van der Waals surface area (Å²) in [5.74, 6) is -0.125. The van der Waals surface area contributed by atoms with Crippen molar-refractivity contribution in [2.24, 2.45) is 7.05 Å². The van der Waals surface area contributed by atoms with Crippen LogP contribution in [0.5, 0.6) is 0 Å². The maximum atomic E-state index is 14.2. The molecular weight excluding hydrogens is 373 g/mol. The van der Waals surface area contributed by atoms with Crippen molar-refractivity contribution in [1.29, 1.82) is 0 Å². The molecule has 1 aliphatic heterocycles. The lowest BCUT2D eigenvalue weighted by molar-refractivity contribution is 0.564. The second-order valence-corrected chi connectivity index (χ2v) is 7.03. The van der Waals surface area contributed by atoms with Crippen LogP contribution in [0.4, 0.5) is 15.8 Å². The first kappa shape index (κ1) is 17.4. The third kappa shape index (κ3) is 2.65. The fourth-order valence-corrected chi connectivity index (χ4v) is 4.03. The topological polar surface area (TPSA) is 101 Å². The molecule has 0 fully saturated rings. The molecule has 0 aliphatic carbocycles. The van der Waals surface area contributed by atoms with E-state index in [0.29, 0.717) is 22.6 Å². The summed E-state index contributed by atoms with van der Waals surface area (Å²) in [7, 11) is 3.67. The Bertz CT molecular complexity index is 1280. The van der Waals surface area contributed by atoms with Gasteiger partial charge in [0.15, 0.2) is 0 Å². The van der Waals surface area contributed by atoms with Crippen LogP contribution >= 0.6 is 0 Å². The number of nitrogens with one attached hydrogen (secondary N) is 3. The van der Waals surface area contributed by atoms with Crippen molar-refractivity contribution in [3.8, 4) is 0 Å². The van der Waals surface area contributed by atoms with E-state index >= 15 is 0 Å². The van der Waals surface area contributed by atoms with E-state index in [2.05, 4.69) is 30.9 Å². The maximum absolute atomic E-state index is 14.2. The molecule has 3 heterocycles. The predicted octanol–water partition coefficient (Wildman–Crippen LogP) is 2.53. The molecule has 2 aromatic carbocycles. The number of hydrogen-bond acceptors (Lipinski definition) is 6. The van der Waals surface area contributed by atoms with Crippen LogP contribution in [-0.2, 0) is 7.05 Å². The van der Waals surface area contributed by atoms with Gasteiger partial charge in [0.25, 0.3) is 5.56 Å². The van der Waals surface area contributed by atoms with Crippen LogP contribution in [-0.4, -0.2) is 32.0 Å². The number of anilines is 2. The Morgan fingerprint density at radius 3 is 2.69 bits per heavy atom. The normalized spacial score (nSPS) is 17.9. The number of H-pyrrole nitrogens is 1. The first-order valence-electron chi connectivity index (χ1n) is 9.17. The Morgan fingerprint density at radius 2 is 2.00 bits per heavy atom. The highest BCUT2D eigenvalue weighted by atomic mass is 19.1. The van der Waals surface area contributed by atoms with Gasteiger partial charge in [-0.2, -0.15) is 10.2 Å². The van der Waals surface area contributed by atoms with Gasteiger partial charge < -0.3 is 10.6 Å². The highest BCUT2D eigenvalue weighted by Crippen LogP contribution is 2.45. The van der Waals surface area contributed by atoms with Crippen LogP contribution in [0.3, 0.4) is 0 Å². The van der Waals surface area contributed by atoms with E-state index in [9.17, 15) is 9.18 Å². The summed E-state index contributed by atoms with van der Waals surface area (Å²) in [5, 5.41) is 18.5. The summed E-state index contributed by atoms with van der Waals surface area (Å²) in [5.41, 5.74) is 2.70. The molecule has 0 radical (unpaired) electrons. The molecule has 2 atom stereocenters. The smallest absolute Gasteiger partial charge is 0.272 e. The minimum absolute atomic E-state index is 0.258. The van der Waals surface area contributed by atoms with Gasteiger partial charge in [-0.15, -0.1) is 0 Å². The third-order valence-corrected chi connectivity index (χ3v) is 5.40. The van der Waals surface area contributed by atoms with Crippen LogP contribution in [0.15, 0.2) is 47.5 Å². The predicted molar refractivity (Wildman–Crippen MR) is 108 cm³/mol. The number of halogens is 1. The molecule has 0 bridgehead atoms. The summed E-state index contributed by atoms with van der Waals surface area (Å²) in [4.78, 5) is 16.7. The van der Waals surface area contributed by atoms with Crippen molar-refractivity contribution < 1.29 is 4.39 Å². The SMILES string of the molecule is CNc1ccc([C@@H]2Nc3cc(F)cc4c(=O)[nH]nc(c34)[C@H]2c2ncnn2C)cc1. The van der Waals surface area contributed by atoms with E-state index in [0.717, 1.165) is 11.3 Å². The number of benzene rings is 2. The zero-order valence-corrected chi connectivity index (χ0v) is 15.8. The van der Waals surface area contributed by atoms with E-state index < -0.39 is 11.4 Å². The van der Waals surface area contributed by atoms with E-state index in [1.165, 1.54) is 18.5 Å². The summed E-state index contributed by atoms with van der Waals surface area (Å²) in [6.07, 6.45) is 1.49. The molecular formula is C20H18FN7O. The zero-order chi connectivity index (χ0) is 20.1. The molecule has 0 spiro atoms. The van der Waals surface area contributed by atoms with Crippen molar-refractivity contribution in [2.45, 2.75) is 12.0 Å². The Hall–Kier alpha value is -3.75. The average molecular weight is 391 g/mol. The molecule has 0 amide bonds. The number of aromatic nitrogens is 5. The molecule has 29 heavy (non-hydrogen) atoms. The second kappa shape index (κ2) is 6.40. The van der Waals surface area contributed by atoms with Gasteiger partial charge in [0.1, 0.15) is 18.0 Å². The standard InChI is InChI=1S/C20H18FN7O/c1-22-12-5-3-10(4-6-12)17-16(19-23-9-24-28(19)2)18-15-13(20(29)27-26-18)7-11(21)8-14(15)25-17/h3-9,16-17,22,25H,1-2H3,(H,27,29)/t16-,17-/m0/s1. The van der Waals surface area contributed by atoms with Crippen molar-refractivity contribution in [3.63, 3.8) is 0 Å². The van der Waals surface area contributed by atoms with Gasteiger partial charge in [0.2, 0.25) is 0 Å². The largest absolute Gasteiger partial charge is 0.388 e. The first-order valence-corrected chi connectivity index (χ1v) is 9.17. The van der Waals surface area contributed by atoms with Gasteiger partial charge in [0, 0.05) is 30.9 Å². The van der Waals surface area contributed by atoms with E-state index in [1.807, 2.05) is 38.4 Å². The van der Waals surface area contributed by atoms with E-state index in [1.54, 1.807) is 4.68 Å². The van der Waals surface area contributed by atoms with Crippen LogP contribution in [0.2, 0.25) is 0 Å². The average Bonchev–Trinajstić information content (AvgIpc) is 3.15. The van der Waals surface area contributed by atoms with Crippen LogP contribution in [0.25, 0.3) is 10.8 Å². The molecule has 0 unspecified atom stereocenters. The minimum atomic E-state index is -0.482. The van der Waals surface area contributed by atoms with Crippen LogP contribution < -0.4 is 16.2 Å². The Kier molecular flexibility index (Phi) is 3.83. The zero-order valence-electron chi connectivity index (χ0n) is 15.8. The number of rotatable bonds is 3. The third-order valence-electron chi connectivity index (χ3n) is 5.40. The van der Waals surface area contributed by atoms with Gasteiger partial charge in [-0.05, 0) is 29.8 Å². The second-order valence-electron chi connectivity index (χ2n) is 7.03. The molecule has 0 saturated carbocycles.